The second-order valence-electron chi connectivity index (χ2n) is 5.77. The molecule has 0 amide bonds. The van der Waals surface area contributed by atoms with Gasteiger partial charge in [-0.2, -0.15) is 0 Å². The van der Waals surface area contributed by atoms with Gasteiger partial charge in [0.2, 0.25) is 0 Å². The van der Waals surface area contributed by atoms with Gasteiger partial charge in [0, 0.05) is 24.2 Å². The van der Waals surface area contributed by atoms with Gasteiger partial charge >= 0.3 is 0 Å². The van der Waals surface area contributed by atoms with E-state index in [9.17, 15) is 4.39 Å². The summed E-state index contributed by atoms with van der Waals surface area (Å²) >= 11 is 6.07. The predicted octanol–water partition coefficient (Wildman–Crippen LogP) is 3.04. The molecular formula is C18H23ClFN3O. The van der Waals surface area contributed by atoms with Crippen molar-refractivity contribution >= 4 is 23.1 Å². The average Bonchev–Trinajstić information content (AvgIpc) is 3.00. The second kappa shape index (κ2) is 8.42. The van der Waals surface area contributed by atoms with Crippen molar-refractivity contribution in [3.8, 4) is 0 Å². The SMILES string of the molecule is C/C=C1/C=C(c2cc(CCC[C@@H](N)CO)cc(Cl)c2F)NC1=NC. The molecule has 0 aliphatic carbocycles. The third-order valence-corrected chi connectivity index (χ3v) is 4.29. The molecule has 1 atom stereocenters. The number of hydrogen-bond acceptors (Lipinski definition) is 3. The lowest BCUT2D eigenvalue weighted by atomic mass is 10.0. The average molecular weight is 352 g/mol. The molecule has 0 unspecified atom stereocenters. The Balaban J connectivity index is 2.25. The fraction of sp³-hybridized carbons (Fsp3) is 0.389. The summed E-state index contributed by atoms with van der Waals surface area (Å²) in [7, 11) is 1.69. The van der Waals surface area contributed by atoms with E-state index in [-0.39, 0.29) is 17.7 Å². The molecule has 2 rings (SSSR count). The summed E-state index contributed by atoms with van der Waals surface area (Å²) in [6.07, 6.45) is 6.01. The van der Waals surface area contributed by atoms with E-state index in [1.165, 1.54) is 0 Å². The first kappa shape index (κ1) is 18.6. The Morgan fingerprint density at radius 3 is 2.79 bits per heavy atom. The zero-order valence-corrected chi connectivity index (χ0v) is 14.7. The van der Waals surface area contributed by atoms with Crippen LogP contribution >= 0.6 is 11.6 Å². The molecule has 1 heterocycles. The fourth-order valence-electron chi connectivity index (χ4n) is 2.66. The van der Waals surface area contributed by atoms with E-state index in [1.807, 2.05) is 19.1 Å². The molecule has 0 fully saturated rings. The van der Waals surface area contributed by atoms with Crippen molar-refractivity contribution in [3.63, 3.8) is 0 Å². The number of aliphatic hydroxyl groups is 1. The van der Waals surface area contributed by atoms with Crippen molar-refractivity contribution in [1.29, 1.82) is 0 Å². The summed E-state index contributed by atoms with van der Waals surface area (Å²) in [6.45, 7) is 1.88. The number of nitrogens with two attached hydrogens (primary N) is 1. The van der Waals surface area contributed by atoms with E-state index >= 15 is 0 Å². The largest absolute Gasteiger partial charge is 0.395 e. The lowest BCUT2D eigenvalue weighted by molar-refractivity contribution is 0.258. The number of hydrogen-bond donors (Lipinski definition) is 3. The molecule has 130 valence electrons. The summed E-state index contributed by atoms with van der Waals surface area (Å²) < 4.78 is 14.5. The Kier molecular flexibility index (Phi) is 6.54. The van der Waals surface area contributed by atoms with Crippen LogP contribution in [0.25, 0.3) is 5.70 Å². The van der Waals surface area contributed by atoms with Crippen LogP contribution in [0, 0.1) is 5.82 Å². The van der Waals surface area contributed by atoms with Crippen LogP contribution in [-0.4, -0.2) is 30.6 Å². The molecule has 6 heteroatoms. The minimum atomic E-state index is -0.445. The molecule has 0 saturated heterocycles. The van der Waals surface area contributed by atoms with Gasteiger partial charge in [0.1, 0.15) is 5.84 Å². The first-order valence-electron chi connectivity index (χ1n) is 7.97. The summed E-state index contributed by atoms with van der Waals surface area (Å²) in [5.41, 5.74) is 8.65. The minimum Gasteiger partial charge on any atom is -0.395 e. The zero-order chi connectivity index (χ0) is 17.7. The third-order valence-electron chi connectivity index (χ3n) is 4.01. The van der Waals surface area contributed by atoms with Gasteiger partial charge in [-0.1, -0.05) is 17.7 Å². The van der Waals surface area contributed by atoms with E-state index in [1.54, 1.807) is 19.2 Å². The third kappa shape index (κ3) is 4.23. The highest BCUT2D eigenvalue weighted by Gasteiger charge is 2.20. The highest BCUT2D eigenvalue weighted by atomic mass is 35.5. The van der Waals surface area contributed by atoms with Crippen LogP contribution in [0.3, 0.4) is 0 Å². The second-order valence-corrected chi connectivity index (χ2v) is 6.18. The Morgan fingerprint density at radius 2 is 2.21 bits per heavy atom. The number of allylic oxidation sites excluding steroid dienone is 1. The molecule has 1 aromatic rings. The summed E-state index contributed by atoms with van der Waals surface area (Å²) in [5.74, 6) is 0.265. The summed E-state index contributed by atoms with van der Waals surface area (Å²) in [5, 5.41) is 12.2. The Bertz CT molecular complexity index is 698. The van der Waals surface area contributed by atoms with Gasteiger partial charge in [0.25, 0.3) is 0 Å². The fourth-order valence-corrected chi connectivity index (χ4v) is 2.90. The molecule has 1 aromatic carbocycles. The molecule has 1 aliphatic heterocycles. The minimum absolute atomic E-state index is 0.0303. The smallest absolute Gasteiger partial charge is 0.151 e. The van der Waals surface area contributed by atoms with E-state index < -0.39 is 5.82 Å². The molecule has 0 radical (unpaired) electrons. The van der Waals surface area contributed by atoms with E-state index in [2.05, 4.69) is 10.3 Å². The molecular weight excluding hydrogens is 329 g/mol. The number of nitrogens with zero attached hydrogens (tertiary/aromatic N) is 1. The van der Waals surface area contributed by atoms with Crippen LogP contribution in [0.2, 0.25) is 5.02 Å². The van der Waals surface area contributed by atoms with Gasteiger partial charge < -0.3 is 16.2 Å². The van der Waals surface area contributed by atoms with Crippen LogP contribution in [0.5, 0.6) is 0 Å². The van der Waals surface area contributed by atoms with Gasteiger partial charge in [0.15, 0.2) is 5.82 Å². The molecule has 0 saturated carbocycles. The lowest BCUT2D eigenvalue weighted by Gasteiger charge is -2.12. The van der Waals surface area contributed by atoms with Crippen molar-refractivity contribution in [2.75, 3.05) is 13.7 Å². The normalized spacial score (nSPS) is 18.8. The number of benzene rings is 1. The van der Waals surface area contributed by atoms with Crippen LogP contribution in [0.4, 0.5) is 4.39 Å². The highest BCUT2D eigenvalue weighted by Crippen LogP contribution is 2.29. The quantitative estimate of drug-likeness (QED) is 0.737. The molecule has 0 aromatic heterocycles. The van der Waals surface area contributed by atoms with Crippen LogP contribution < -0.4 is 11.1 Å². The van der Waals surface area contributed by atoms with Crippen molar-refractivity contribution in [2.24, 2.45) is 10.7 Å². The van der Waals surface area contributed by atoms with E-state index in [0.717, 1.165) is 24.0 Å². The van der Waals surface area contributed by atoms with Gasteiger partial charge in [-0.3, -0.25) is 4.99 Å². The van der Waals surface area contributed by atoms with Crippen molar-refractivity contribution in [1.82, 2.24) is 5.32 Å². The van der Waals surface area contributed by atoms with Gasteiger partial charge in [-0.15, -0.1) is 0 Å². The monoisotopic (exact) mass is 351 g/mol. The van der Waals surface area contributed by atoms with Gasteiger partial charge in [-0.05, 0) is 50.0 Å². The summed E-state index contributed by atoms with van der Waals surface area (Å²) in [4.78, 5) is 4.16. The van der Waals surface area contributed by atoms with Gasteiger partial charge in [0.05, 0.1) is 17.3 Å². The number of amidine groups is 1. The number of rotatable bonds is 6. The standard InChI is InChI=1S/C18H23ClFN3O/c1-3-12-9-16(23-18(12)22-2)14-7-11(8-15(19)17(14)20)5-4-6-13(21)10-24/h3,7-9,13,24H,4-6,10,21H2,1-2H3,(H,22,23)/b12-3-/t13-/m1/s1. The van der Waals surface area contributed by atoms with Gasteiger partial charge in [-0.25, -0.2) is 4.39 Å². The molecule has 0 spiro atoms. The van der Waals surface area contributed by atoms with Crippen LogP contribution in [0.15, 0.2) is 34.9 Å². The van der Waals surface area contributed by atoms with E-state index in [0.29, 0.717) is 23.5 Å². The number of halogens is 2. The topological polar surface area (TPSA) is 70.6 Å². The molecule has 0 bridgehead atoms. The molecule has 4 nitrogen and oxygen atoms in total. The first-order valence-corrected chi connectivity index (χ1v) is 8.34. The zero-order valence-electron chi connectivity index (χ0n) is 13.9. The maximum absolute atomic E-state index is 14.5. The Labute approximate surface area is 146 Å². The van der Waals surface area contributed by atoms with Crippen LogP contribution in [-0.2, 0) is 6.42 Å². The molecule has 24 heavy (non-hydrogen) atoms. The Hall–Kier alpha value is -1.69. The number of aliphatic hydroxyl groups excluding tert-OH is 1. The lowest BCUT2D eigenvalue weighted by Crippen LogP contribution is -2.24. The number of nitrogens with one attached hydrogen (secondary N) is 1. The highest BCUT2D eigenvalue weighted by molar-refractivity contribution is 6.31. The molecule has 1 aliphatic rings. The van der Waals surface area contributed by atoms with Crippen LogP contribution in [0.1, 0.15) is 30.9 Å². The predicted molar refractivity (Wildman–Crippen MR) is 97.6 cm³/mol. The Morgan fingerprint density at radius 1 is 1.46 bits per heavy atom. The number of aliphatic imine (C=N–C) groups is 1. The van der Waals surface area contributed by atoms with Crippen molar-refractivity contribution in [3.05, 3.63) is 51.8 Å². The van der Waals surface area contributed by atoms with Crippen molar-refractivity contribution < 1.29 is 9.50 Å². The number of aryl methyl sites for hydroxylation is 1. The van der Waals surface area contributed by atoms with E-state index in [4.69, 9.17) is 22.4 Å². The first-order chi connectivity index (χ1) is 11.5. The summed E-state index contributed by atoms with van der Waals surface area (Å²) in [6, 6.07) is 3.22. The van der Waals surface area contributed by atoms with Crippen molar-refractivity contribution in [2.45, 2.75) is 32.2 Å². The maximum atomic E-state index is 14.5. The molecule has 4 N–H and O–H groups in total. The maximum Gasteiger partial charge on any atom is 0.151 e.